The molecule has 2 aromatic rings. The van der Waals surface area contributed by atoms with Gasteiger partial charge in [-0.15, -0.1) is 0 Å². The quantitative estimate of drug-likeness (QED) is 0.767. The fraction of sp³-hybridized carbons (Fsp3) is 0.143. The van der Waals surface area contributed by atoms with Gasteiger partial charge >= 0.3 is 5.97 Å². The normalized spacial score (nSPS) is 9.96. The molecule has 0 radical (unpaired) electrons. The second kappa shape index (κ2) is 7.95. The maximum atomic E-state index is 11.8. The molecule has 0 aliphatic heterocycles. The molecule has 120 valence electrons. The average molecular weight is 338 g/mol. The number of ether oxygens (including phenoxy) is 1. The Morgan fingerprint density at radius 2 is 1.91 bits per heavy atom. The zero-order valence-electron chi connectivity index (χ0n) is 11.7. The van der Waals surface area contributed by atoms with Gasteiger partial charge < -0.3 is 19.9 Å². The lowest BCUT2D eigenvalue weighted by Crippen LogP contribution is -2.32. The summed E-state index contributed by atoms with van der Waals surface area (Å²) in [6.07, 6.45) is 1.29. The Labute approximate surface area is 135 Å². The largest absolute Gasteiger partial charge is 0.454 e. The van der Waals surface area contributed by atoms with E-state index in [9.17, 15) is 14.4 Å². The van der Waals surface area contributed by atoms with Gasteiger partial charge in [-0.3, -0.25) is 14.4 Å². The van der Waals surface area contributed by atoms with Gasteiger partial charge in [0, 0.05) is 16.7 Å². The highest BCUT2D eigenvalue weighted by atomic mass is 35.5. The lowest BCUT2D eigenvalue weighted by atomic mass is 10.2. The molecule has 2 N–H and O–H groups in total. The van der Waals surface area contributed by atoms with Crippen LogP contribution in [0.1, 0.15) is 10.4 Å². The molecular formula is C14H12ClN3O5. The number of hydrogen-bond donors (Lipinski definition) is 2. The molecule has 0 saturated carbocycles. The average Bonchev–Trinajstić information content (AvgIpc) is 3.04. The number of carbonyl (C=O) groups is 3. The highest BCUT2D eigenvalue weighted by Gasteiger charge is 2.11. The van der Waals surface area contributed by atoms with E-state index >= 15 is 0 Å². The predicted molar refractivity (Wildman–Crippen MR) is 79.9 cm³/mol. The van der Waals surface area contributed by atoms with E-state index in [-0.39, 0.29) is 12.4 Å². The van der Waals surface area contributed by atoms with Crippen LogP contribution in [0.3, 0.4) is 0 Å². The minimum absolute atomic E-state index is 0.210. The number of nitrogens with one attached hydrogen (secondary N) is 2. The molecule has 1 aromatic heterocycles. The van der Waals surface area contributed by atoms with Gasteiger partial charge in [-0.05, 0) is 24.3 Å². The van der Waals surface area contributed by atoms with Crippen molar-refractivity contribution in [1.29, 1.82) is 0 Å². The van der Waals surface area contributed by atoms with E-state index in [2.05, 4.69) is 20.3 Å². The topological polar surface area (TPSA) is 111 Å². The summed E-state index contributed by atoms with van der Waals surface area (Å²) in [6, 6.07) is 7.60. The van der Waals surface area contributed by atoms with Gasteiger partial charge in [0.1, 0.15) is 12.8 Å². The van der Waals surface area contributed by atoms with Gasteiger partial charge in [-0.2, -0.15) is 0 Å². The van der Waals surface area contributed by atoms with Crippen molar-refractivity contribution in [2.24, 2.45) is 0 Å². The van der Waals surface area contributed by atoms with Crippen molar-refractivity contribution in [2.75, 3.05) is 18.5 Å². The molecule has 0 atom stereocenters. The van der Waals surface area contributed by atoms with E-state index in [1.165, 1.54) is 24.5 Å². The molecule has 1 aromatic carbocycles. The van der Waals surface area contributed by atoms with Gasteiger partial charge in [0.2, 0.25) is 0 Å². The summed E-state index contributed by atoms with van der Waals surface area (Å²) < 4.78 is 9.24. The van der Waals surface area contributed by atoms with Gasteiger partial charge in [0.15, 0.2) is 12.4 Å². The van der Waals surface area contributed by atoms with Gasteiger partial charge in [-0.25, -0.2) is 0 Å². The van der Waals surface area contributed by atoms with Crippen LogP contribution in [-0.2, 0) is 14.3 Å². The molecule has 9 heteroatoms. The number of hydrogen-bond acceptors (Lipinski definition) is 6. The second-order valence-electron chi connectivity index (χ2n) is 4.28. The van der Waals surface area contributed by atoms with Crippen molar-refractivity contribution in [2.45, 2.75) is 0 Å². The molecule has 2 rings (SSSR count). The van der Waals surface area contributed by atoms with E-state index < -0.39 is 24.4 Å². The smallest absolute Gasteiger partial charge is 0.325 e. The van der Waals surface area contributed by atoms with Crippen LogP contribution in [0, 0.1) is 0 Å². The first-order valence-corrected chi connectivity index (χ1v) is 6.82. The Morgan fingerprint density at radius 3 is 2.57 bits per heavy atom. The second-order valence-corrected chi connectivity index (χ2v) is 4.72. The van der Waals surface area contributed by atoms with Crippen LogP contribution >= 0.6 is 11.6 Å². The van der Waals surface area contributed by atoms with Crippen molar-refractivity contribution in [3.63, 3.8) is 0 Å². The zero-order valence-corrected chi connectivity index (χ0v) is 12.5. The molecule has 0 aliphatic carbocycles. The van der Waals surface area contributed by atoms with Crippen LogP contribution in [0.25, 0.3) is 0 Å². The monoisotopic (exact) mass is 337 g/mol. The number of rotatable bonds is 6. The van der Waals surface area contributed by atoms with E-state index in [1.54, 1.807) is 12.1 Å². The third kappa shape index (κ3) is 5.44. The summed E-state index contributed by atoms with van der Waals surface area (Å²) in [7, 11) is 0. The lowest BCUT2D eigenvalue weighted by Gasteiger charge is -2.06. The summed E-state index contributed by atoms with van der Waals surface area (Å²) in [6.45, 7) is -0.860. The first-order valence-electron chi connectivity index (χ1n) is 6.44. The summed E-state index contributed by atoms with van der Waals surface area (Å²) in [4.78, 5) is 34.7. The van der Waals surface area contributed by atoms with Crippen LogP contribution in [-0.4, -0.2) is 36.1 Å². The number of benzene rings is 1. The maximum absolute atomic E-state index is 11.8. The molecule has 0 saturated heterocycles. The minimum Gasteiger partial charge on any atom is -0.454 e. The summed E-state index contributed by atoms with van der Waals surface area (Å²) in [5.74, 6) is -1.56. The molecule has 8 nitrogen and oxygen atoms in total. The Bertz CT molecular complexity index is 685. The van der Waals surface area contributed by atoms with Crippen molar-refractivity contribution in [3.8, 4) is 0 Å². The fourth-order valence-corrected chi connectivity index (χ4v) is 1.63. The first kappa shape index (κ1) is 16.5. The van der Waals surface area contributed by atoms with Crippen molar-refractivity contribution < 1.29 is 23.6 Å². The third-order valence-electron chi connectivity index (χ3n) is 2.57. The Kier molecular flexibility index (Phi) is 5.70. The summed E-state index contributed by atoms with van der Waals surface area (Å²) in [5, 5.41) is 8.69. The Balaban J connectivity index is 1.69. The number of halogens is 1. The minimum atomic E-state index is -0.748. The predicted octanol–water partition coefficient (Wildman–Crippen LogP) is 1.24. The van der Waals surface area contributed by atoms with Crippen LogP contribution in [0.5, 0.6) is 0 Å². The summed E-state index contributed by atoms with van der Waals surface area (Å²) in [5.41, 5.74) is 0.353. The van der Waals surface area contributed by atoms with E-state index in [4.69, 9.17) is 16.3 Å². The van der Waals surface area contributed by atoms with Crippen molar-refractivity contribution in [1.82, 2.24) is 10.5 Å². The zero-order chi connectivity index (χ0) is 16.7. The SMILES string of the molecule is O=C(COC(=O)CNC(=O)c1ccc(Cl)cc1)Nc1ccon1. The summed E-state index contributed by atoms with van der Waals surface area (Å²) >= 11 is 5.71. The van der Waals surface area contributed by atoms with Crippen molar-refractivity contribution >= 4 is 35.2 Å². The molecule has 2 amide bonds. The number of nitrogens with zero attached hydrogens (tertiary/aromatic N) is 1. The standard InChI is InChI=1S/C14H12ClN3O5/c15-10-3-1-9(2-4-10)14(21)16-7-13(20)22-8-12(19)17-11-5-6-23-18-11/h1-6H,7-8H2,(H,16,21)(H,17,18,19). The molecule has 23 heavy (non-hydrogen) atoms. The lowest BCUT2D eigenvalue weighted by molar-refractivity contribution is -0.146. The first-order chi connectivity index (χ1) is 11.0. The molecule has 0 aliphatic rings. The van der Waals surface area contributed by atoms with Crippen LogP contribution < -0.4 is 10.6 Å². The number of aromatic nitrogens is 1. The van der Waals surface area contributed by atoms with Crippen LogP contribution in [0.2, 0.25) is 5.02 Å². The molecule has 0 unspecified atom stereocenters. The Hall–Kier alpha value is -2.87. The van der Waals surface area contributed by atoms with Gasteiger partial charge in [0.05, 0.1) is 0 Å². The highest BCUT2D eigenvalue weighted by Crippen LogP contribution is 2.09. The van der Waals surface area contributed by atoms with Crippen LogP contribution in [0.4, 0.5) is 5.82 Å². The molecule has 1 heterocycles. The van der Waals surface area contributed by atoms with E-state index in [0.29, 0.717) is 10.6 Å². The molecule has 0 fully saturated rings. The highest BCUT2D eigenvalue weighted by molar-refractivity contribution is 6.30. The number of carbonyl (C=O) groups excluding carboxylic acids is 3. The Morgan fingerprint density at radius 1 is 1.17 bits per heavy atom. The number of amides is 2. The van der Waals surface area contributed by atoms with Crippen molar-refractivity contribution in [3.05, 3.63) is 47.2 Å². The third-order valence-corrected chi connectivity index (χ3v) is 2.82. The van der Waals surface area contributed by atoms with Crippen LogP contribution in [0.15, 0.2) is 41.1 Å². The molecule has 0 bridgehead atoms. The van der Waals surface area contributed by atoms with E-state index in [1.807, 2.05) is 0 Å². The maximum Gasteiger partial charge on any atom is 0.325 e. The molecule has 0 spiro atoms. The van der Waals surface area contributed by atoms with Gasteiger partial charge in [-0.1, -0.05) is 16.8 Å². The number of esters is 1. The fourth-order valence-electron chi connectivity index (χ4n) is 1.51. The van der Waals surface area contributed by atoms with E-state index in [0.717, 1.165) is 0 Å². The molecular weight excluding hydrogens is 326 g/mol. The van der Waals surface area contributed by atoms with Gasteiger partial charge in [0.25, 0.3) is 11.8 Å². The number of anilines is 1.